The molecule has 0 bridgehead atoms. The van der Waals surface area contributed by atoms with Crippen LogP contribution in [0.25, 0.3) is 0 Å². The van der Waals surface area contributed by atoms with Crippen molar-refractivity contribution in [3.8, 4) is 0 Å². The highest BCUT2D eigenvalue weighted by atomic mass is 16.6. The summed E-state index contributed by atoms with van der Waals surface area (Å²) in [6, 6.07) is 9.09. The highest BCUT2D eigenvalue weighted by molar-refractivity contribution is 5.86. The second-order valence-electron chi connectivity index (χ2n) is 6.94. The summed E-state index contributed by atoms with van der Waals surface area (Å²) in [5.41, 5.74) is -0.596. The van der Waals surface area contributed by atoms with Crippen LogP contribution in [0.4, 0.5) is 0 Å². The SMILES string of the molecule is CC(=O)O[C@@H](C(C)C)[C@@]12CO[C@@H](c3ccccc3)N1C(=O)[C@H](O)[C@H]2O. The van der Waals surface area contributed by atoms with Crippen molar-refractivity contribution in [2.45, 2.75) is 50.8 Å². The van der Waals surface area contributed by atoms with Gasteiger partial charge in [-0.25, -0.2) is 0 Å². The lowest BCUT2D eigenvalue weighted by Gasteiger charge is -2.41. The van der Waals surface area contributed by atoms with Crippen molar-refractivity contribution in [2.24, 2.45) is 5.92 Å². The van der Waals surface area contributed by atoms with Gasteiger partial charge in [-0.1, -0.05) is 44.2 Å². The summed E-state index contributed by atoms with van der Waals surface area (Å²) in [5.74, 6) is -1.34. The number of nitrogens with zero attached hydrogens (tertiary/aromatic N) is 1. The van der Waals surface area contributed by atoms with Gasteiger partial charge in [-0.15, -0.1) is 0 Å². The van der Waals surface area contributed by atoms with Crippen molar-refractivity contribution in [1.29, 1.82) is 0 Å². The molecule has 1 amide bonds. The Morgan fingerprint density at radius 3 is 2.52 bits per heavy atom. The molecule has 0 radical (unpaired) electrons. The largest absolute Gasteiger partial charge is 0.460 e. The summed E-state index contributed by atoms with van der Waals surface area (Å²) in [6.45, 7) is 4.91. The van der Waals surface area contributed by atoms with Gasteiger partial charge in [0.15, 0.2) is 12.3 Å². The van der Waals surface area contributed by atoms with E-state index in [4.69, 9.17) is 9.47 Å². The molecule has 5 atom stereocenters. The van der Waals surface area contributed by atoms with Crippen molar-refractivity contribution >= 4 is 11.9 Å². The molecule has 25 heavy (non-hydrogen) atoms. The first-order valence-electron chi connectivity index (χ1n) is 8.33. The zero-order valence-corrected chi connectivity index (χ0v) is 14.5. The van der Waals surface area contributed by atoms with Crippen LogP contribution in [0, 0.1) is 5.92 Å². The Morgan fingerprint density at radius 2 is 1.96 bits per heavy atom. The molecule has 2 aliphatic heterocycles. The second-order valence-corrected chi connectivity index (χ2v) is 6.94. The molecule has 1 aromatic carbocycles. The fraction of sp³-hybridized carbons (Fsp3) is 0.556. The van der Waals surface area contributed by atoms with E-state index in [1.165, 1.54) is 11.8 Å². The number of aliphatic hydroxyl groups is 2. The lowest BCUT2D eigenvalue weighted by molar-refractivity contribution is -0.165. The number of aliphatic hydroxyl groups excluding tert-OH is 2. The molecule has 7 nitrogen and oxygen atoms in total. The van der Waals surface area contributed by atoms with Gasteiger partial charge in [0, 0.05) is 12.5 Å². The summed E-state index contributed by atoms with van der Waals surface area (Å²) in [5, 5.41) is 20.9. The average Bonchev–Trinajstić information content (AvgIpc) is 3.06. The van der Waals surface area contributed by atoms with Gasteiger partial charge in [0.2, 0.25) is 0 Å². The molecule has 2 saturated heterocycles. The Hall–Kier alpha value is -1.96. The maximum Gasteiger partial charge on any atom is 0.302 e. The highest BCUT2D eigenvalue weighted by Gasteiger charge is 2.68. The summed E-state index contributed by atoms with van der Waals surface area (Å²) in [4.78, 5) is 25.7. The van der Waals surface area contributed by atoms with Gasteiger partial charge in [-0.3, -0.25) is 14.5 Å². The van der Waals surface area contributed by atoms with Crippen LogP contribution in [-0.2, 0) is 19.1 Å². The molecule has 2 heterocycles. The molecule has 0 saturated carbocycles. The molecule has 0 unspecified atom stereocenters. The number of hydrogen-bond donors (Lipinski definition) is 2. The second kappa shape index (κ2) is 6.40. The maximum absolute atomic E-state index is 12.7. The van der Waals surface area contributed by atoms with Crippen LogP contribution in [0.3, 0.4) is 0 Å². The average molecular weight is 349 g/mol. The minimum Gasteiger partial charge on any atom is -0.460 e. The van der Waals surface area contributed by atoms with Crippen molar-refractivity contribution in [2.75, 3.05) is 6.61 Å². The Kier molecular flexibility index (Phi) is 4.57. The molecule has 136 valence electrons. The maximum atomic E-state index is 12.7. The Balaban J connectivity index is 2.08. The fourth-order valence-electron chi connectivity index (χ4n) is 3.92. The lowest BCUT2D eigenvalue weighted by atomic mass is 9.81. The predicted molar refractivity (Wildman–Crippen MR) is 87.1 cm³/mol. The molecular formula is C18H23NO6. The normalized spacial score (nSPS) is 32.8. The third-order valence-corrected chi connectivity index (χ3v) is 4.93. The van der Waals surface area contributed by atoms with Gasteiger partial charge < -0.3 is 19.7 Å². The standard InChI is InChI=1S/C18H23NO6/c1-10(2)15(25-11(3)20)18-9-24-17(12-7-5-4-6-8-12)19(18)16(23)13(21)14(18)22/h4-8,10,13-15,17,21-22H,9H2,1-3H3/t13-,14-,15+,17+,18+/m1/s1. The molecule has 0 aromatic heterocycles. The van der Waals surface area contributed by atoms with E-state index in [0.29, 0.717) is 0 Å². The predicted octanol–water partition coefficient (Wildman–Crippen LogP) is 0.606. The fourth-order valence-corrected chi connectivity index (χ4v) is 3.92. The molecule has 2 fully saturated rings. The number of rotatable bonds is 4. The number of esters is 1. The molecule has 7 heteroatoms. The third kappa shape index (κ3) is 2.63. The lowest BCUT2D eigenvalue weighted by Crippen LogP contribution is -2.61. The first kappa shape index (κ1) is 17.8. The van der Waals surface area contributed by atoms with Crippen LogP contribution >= 0.6 is 0 Å². The van der Waals surface area contributed by atoms with E-state index < -0.39 is 42.0 Å². The van der Waals surface area contributed by atoms with Crippen LogP contribution in [0.15, 0.2) is 30.3 Å². The van der Waals surface area contributed by atoms with E-state index in [-0.39, 0.29) is 12.5 Å². The first-order valence-corrected chi connectivity index (χ1v) is 8.33. The van der Waals surface area contributed by atoms with E-state index in [1.54, 1.807) is 12.1 Å². The van der Waals surface area contributed by atoms with E-state index in [1.807, 2.05) is 32.0 Å². The van der Waals surface area contributed by atoms with E-state index in [9.17, 15) is 19.8 Å². The van der Waals surface area contributed by atoms with Crippen LogP contribution < -0.4 is 0 Å². The van der Waals surface area contributed by atoms with Crippen LogP contribution in [0.5, 0.6) is 0 Å². The van der Waals surface area contributed by atoms with Crippen LogP contribution in [0.1, 0.15) is 32.6 Å². The van der Waals surface area contributed by atoms with Gasteiger partial charge in [-0.2, -0.15) is 0 Å². The quantitative estimate of drug-likeness (QED) is 0.773. The Labute approximate surface area is 146 Å². The van der Waals surface area contributed by atoms with Gasteiger partial charge in [0.1, 0.15) is 17.7 Å². The monoisotopic (exact) mass is 349 g/mol. The molecule has 2 N–H and O–H groups in total. The van der Waals surface area contributed by atoms with Crippen molar-refractivity contribution in [3.63, 3.8) is 0 Å². The van der Waals surface area contributed by atoms with E-state index >= 15 is 0 Å². The van der Waals surface area contributed by atoms with Crippen molar-refractivity contribution in [3.05, 3.63) is 35.9 Å². The van der Waals surface area contributed by atoms with Crippen molar-refractivity contribution < 1.29 is 29.3 Å². The molecule has 2 aliphatic rings. The number of fused-ring (bicyclic) bond motifs is 1. The summed E-state index contributed by atoms with van der Waals surface area (Å²) in [7, 11) is 0. The number of amides is 1. The number of ether oxygens (including phenoxy) is 2. The zero-order valence-electron chi connectivity index (χ0n) is 14.5. The number of benzene rings is 1. The summed E-state index contributed by atoms with van der Waals surface area (Å²) >= 11 is 0. The molecular weight excluding hydrogens is 326 g/mol. The Bertz CT molecular complexity index is 663. The Morgan fingerprint density at radius 1 is 1.32 bits per heavy atom. The van der Waals surface area contributed by atoms with Crippen LogP contribution in [0.2, 0.25) is 0 Å². The number of carbonyl (C=O) groups is 2. The van der Waals surface area contributed by atoms with Gasteiger partial charge in [-0.05, 0) is 5.92 Å². The van der Waals surface area contributed by atoms with Gasteiger partial charge in [0.25, 0.3) is 5.91 Å². The number of carbonyl (C=O) groups excluding carboxylic acids is 2. The highest BCUT2D eigenvalue weighted by Crippen LogP contribution is 2.48. The van der Waals surface area contributed by atoms with Crippen molar-refractivity contribution in [1.82, 2.24) is 4.90 Å². The topological polar surface area (TPSA) is 96.3 Å². The molecule has 0 spiro atoms. The smallest absolute Gasteiger partial charge is 0.302 e. The van der Waals surface area contributed by atoms with Gasteiger partial charge >= 0.3 is 5.97 Å². The van der Waals surface area contributed by atoms with Gasteiger partial charge in [0.05, 0.1) is 6.61 Å². The minimum absolute atomic E-state index is 0.0351. The zero-order chi connectivity index (χ0) is 18.4. The molecule has 3 rings (SSSR count). The van der Waals surface area contributed by atoms with E-state index in [2.05, 4.69) is 0 Å². The molecule has 0 aliphatic carbocycles. The summed E-state index contributed by atoms with van der Waals surface area (Å²) in [6.07, 6.45) is -4.56. The number of hydrogen-bond acceptors (Lipinski definition) is 6. The van der Waals surface area contributed by atoms with E-state index in [0.717, 1.165) is 5.56 Å². The first-order chi connectivity index (χ1) is 11.8. The molecule has 1 aromatic rings. The van der Waals surface area contributed by atoms with Crippen LogP contribution in [-0.4, -0.2) is 57.4 Å². The third-order valence-electron chi connectivity index (χ3n) is 4.93. The minimum atomic E-state index is -1.58. The summed E-state index contributed by atoms with van der Waals surface area (Å²) < 4.78 is 11.3.